The molecule has 0 aliphatic carbocycles. The summed E-state index contributed by atoms with van der Waals surface area (Å²) in [5.41, 5.74) is -0.314. The summed E-state index contributed by atoms with van der Waals surface area (Å²) in [5, 5.41) is 13.5. The third-order valence-corrected chi connectivity index (χ3v) is 4.09. The summed E-state index contributed by atoms with van der Waals surface area (Å²) in [4.78, 5) is 34.3. The second kappa shape index (κ2) is 9.25. The Hall–Kier alpha value is -3.04. The number of halogens is 2. The number of anilines is 1. The summed E-state index contributed by atoms with van der Waals surface area (Å²) in [6.07, 6.45) is 0. The van der Waals surface area contributed by atoms with E-state index in [9.17, 15) is 19.7 Å². The Kier molecular flexibility index (Phi) is 7.02. The van der Waals surface area contributed by atoms with Gasteiger partial charge in [-0.1, -0.05) is 23.2 Å². The van der Waals surface area contributed by atoms with E-state index in [0.717, 1.165) is 12.1 Å². The van der Waals surface area contributed by atoms with Crippen LogP contribution in [0, 0.1) is 10.1 Å². The molecule has 0 saturated heterocycles. The van der Waals surface area contributed by atoms with Gasteiger partial charge >= 0.3 is 5.97 Å². The number of nitrogens with one attached hydrogen (secondary N) is 1. The van der Waals surface area contributed by atoms with Crippen molar-refractivity contribution in [1.29, 1.82) is 0 Å². The summed E-state index contributed by atoms with van der Waals surface area (Å²) < 4.78 is 15.1. The first-order chi connectivity index (χ1) is 13.3. The first-order valence-corrected chi connectivity index (χ1v) is 8.34. The summed E-state index contributed by atoms with van der Waals surface area (Å²) in [6, 6.07) is 6.20. The fourth-order valence-corrected chi connectivity index (χ4v) is 2.56. The quantitative estimate of drug-likeness (QED) is 0.405. The van der Waals surface area contributed by atoms with Gasteiger partial charge in [0.2, 0.25) is 0 Å². The van der Waals surface area contributed by atoms with Gasteiger partial charge < -0.3 is 19.5 Å². The number of hydrogen-bond acceptors (Lipinski definition) is 7. The fraction of sp³-hybridized carbons (Fsp3) is 0.176. The molecule has 2 aromatic carbocycles. The van der Waals surface area contributed by atoms with Crippen LogP contribution in [0.4, 0.5) is 11.4 Å². The van der Waals surface area contributed by atoms with Crippen molar-refractivity contribution in [3.8, 4) is 11.5 Å². The zero-order valence-electron chi connectivity index (χ0n) is 14.7. The number of nitro benzene ring substituents is 1. The summed E-state index contributed by atoms with van der Waals surface area (Å²) >= 11 is 11.9. The van der Waals surface area contributed by atoms with E-state index < -0.39 is 23.4 Å². The minimum atomic E-state index is -0.982. The Morgan fingerprint density at radius 2 is 1.75 bits per heavy atom. The molecule has 0 atom stereocenters. The molecule has 11 heteroatoms. The molecule has 0 fully saturated rings. The van der Waals surface area contributed by atoms with Crippen molar-refractivity contribution in [1.82, 2.24) is 0 Å². The van der Waals surface area contributed by atoms with Gasteiger partial charge in [-0.3, -0.25) is 14.9 Å². The highest BCUT2D eigenvalue weighted by Crippen LogP contribution is 2.35. The number of carbonyl (C=O) groups excluding carboxylic acids is 2. The van der Waals surface area contributed by atoms with Crippen LogP contribution in [0.3, 0.4) is 0 Å². The molecule has 9 nitrogen and oxygen atoms in total. The lowest BCUT2D eigenvalue weighted by Gasteiger charge is -2.13. The molecule has 0 aromatic heterocycles. The number of rotatable bonds is 7. The molecule has 0 unspecified atom stereocenters. The highest BCUT2D eigenvalue weighted by molar-refractivity contribution is 6.33. The number of amides is 1. The lowest BCUT2D eigenvalue weighted by molar-refractivity contribution is -0.384. The van der Waals surface area contributed by atoms with E-state index in [2.05, 4.69) is 5.32 Å². The Labute approximate surface area is 169 Å². The Balaban J connectivity index is 2.08. The van der Waals surface area contributed by atoms with Crippen molar-refractivity contribution < 1.29 is 28.7 Å². The lowest BCUT2D eigenvalue weighted by Crippen LogP contribution is -2.21. The van der Waals surface area contributed by atoms with Crippen LogP contribution in [-0.4, -0.2) is 37.6 Å². The third-order valence-electron chi connectivity index (χ3n) is 3.46. The van der Waals surface area contributed by atoms with Crippen LogP contribution < -0.4 is 14.8 Å². The predicted octanol–water partition coefficient (Wildman–Crippen LogP) is 3.71. The summed E-state index contributed by atoms with van der Waals surface area (Å²) in [6.45, 7) is -0.661. The highest BCUT2D eigenvalue weighted by Gasteiger charge is 2.19. The topological polar surface area (TPSA) is 117 Å². The van der Waals surface area contributed by atoms with E-state index in [0.29, 0.717) is 5.75 Å². The number of non-ortho nitro benzene ring substituents is 1. The molecule has 0 heterocycles. The van der Waals surface area contributed by atoms with Crippen molar-refractivity contribution in [2.75, 3.05) is 26.1 Å². The lowest BCUT2D eigenvalue weighted by atomic mass is 10.2. The number of esters is 1. The second-order valence-electron chi connectivity index (χ2n) is 5.23. The van der Waals surface area contributed by atoms with Crippen LogP contribution in [0.2, 0.25) is 10.0 Å². The van der Waals surface area contributed by atoms with Crippen molar-refractivity contribution in [3.63, 3.8) is 0 Å². The van der Waals surface area contributed by atoms with Crippen LogP contribution >= 0.6 is 23.2 Å². The molecule has 28 heavy (non-hydrogen) atoms. The molecule has 0 spiro atoms. The van der Waals surface area contributed by atoms with Gasteiger partial charge in [0.05, 0.1) is 40.4 Å². The number of nitrogens with zero attached hydrogens (tertiary/aromatic N) is 1. The van der Waals surface area contributed by atoms with E-state index >= 15 is 0 Å². The molecule has 2 aromatic rings. The Morgan fingerprint density at radius 1 is 1.07 bits per heavy atom. The Morgan fingerprint density at radius 3 is 2.36 bits per heavy atom. The average molecular weight is 429 g/mol. The number of methoxy groups -OCH3 is 2. The predicted molar refractivity (Wildman–Crippen MR) is 102 cm³/mol. The van der Waals surface area contributed by atoms with E-state index in [1.54, 1.807) is 0 Å². The monoisotopic (exact) mass is 428 g/mol. The van der Waals surface area contributed by atoms with E-state index in [1.807, 2.05) is 0 Å². The van der Waals surface area contributed by atoms with Crippen molar-refractivity contribution in [2.45, 2.75) is 0 Å². The molecule has 148 valence electrons. The second-order valence-corrected chi connectivity index (χ2v) is 6.05. The first kappa shape index (κ1) is 21.3. The summed E-state index contributed by atoms with van der Waals surface area (Å²) in [5.74, 6) is -1.09. The highest BCUT2D eigenvalue weighted by atomic mass is 35.5. The molecule has 1 N–H and O–H groups in total. The van der Waals surface area contributed by atoms with Crippen LogP contribution in [0.25, 0.3) is 0 Å². The average Bonchev–Trinajstić information content (AvgIpc) is 2.67. The standard InChI is InChI=1S/C17H14Cl2N2O7/c1-26-14-7-13(15(27-2)6-12(14)19)20-16(22)8-28-17(23)10-5-9(21(24)25)3-4-11(10)18/h3-7H,8H2,1-2H3,(H,20,22). The molecule has 1 amide bonds. The van der Waals surface area contributed by atoms with Gasteiger partial charge in [0.25, 0.3) is 11.6 Å². The molecule has 0 radical (unpaired) electrons. The van der Waals surface area contributed by atoms with Gasteiger partial charge in [0, 0.05) is 24.3 Å². The Bertz CT molecular complexity index is 934. The number of carbonyl (C=O) groups is 2. The molecular weight excluding hydrogens is 415 g/mol. The molecular formula is C17H14Cl2N2O7. The van der Waals surface area contributed by atoms with Gasteiger partial charge in [-0.05, 0) is 6.07 Å². The van der Waals surface area contributed by atoms with Gasteiger partial charge in [-0.25, -0.2) is 4.79 Å². The first-order valence-electron chi connectivity index (χ1n) is 7.59. The smallest absolute Gasteiger partial charge is 0.340 e. The maximum Gasteiger partial charge on any atom is 0.340 e. The fourth-order valence-electron chi connectivity index (χ4n) is 2.14. The number of benzene rings is 2. The van der Waals surface area contributed by atoms with Gasteiger partial charge in [0.1, 0.15) is 11.5 Å². The molecule has 0 saturated carbocycles. The van der Waals surface area contributed by atoms with E-state index in [1.165, 1.54) is 32.4 Å². The largest absolute Gasteiger partial charge is 0.495 e. The minimum Gasteiger partial charge on any atom is -0.495 e. The summed E-state index contributed by atoms with van der Waals surface area (Å²) in [7, 11) is 2.79. The van der Waals surface area contributed by atoms with Crippen molar-refractivity contribution >= 4 is 46.5 Å². The molecule has 0 bridgehead atoms. The van der Waals surface area contributed by atoms with Crippen LogP contribution in [0.1, 0.15) is 10.4 Å². The van der Waals surface area contributed by atoms with Crippen molar-refractivity contribution in [2.24, 2.45) is 0 Å². The molecule has 2 rings (SSSR count). The number of nitro groups is 1. The minimum absolute atomic E-state index is 0.0416. The molecule has 0 aliphatic rings. The van der Waals surface area contributed by atoms with Crippen LogP contribution in [-0.2, 0) is 9.53 Å². The van der Waals surface area contributed by atoms with E-state index in [-0.39, 0.29) is 32.7 Å². The van der Waals surface area contributed by atoms with Gasteiger partial charge in [-0.2, -0.15) is 0 Å². The zero-order valence-corrected chi connectivity index (χ0v) is 16.2. The van der Waals surface area contributed by atoms with Crippen molar-refractivity contribution in [3.05, 3.63) is 56.1 Å². The van der Waals surface area contributed by atoms with Gasteiger partial charge in [-0.15, -0.1) is 0 Å². The maximum absolute atomic E-state index is 12.1. The van der Waals surface area contributed by atoms with Crippen LogP contribution in [0.5, 0.6) is 11.5 Å². The van der Waals surface area contributed by atoms with Crippen LogP contribution in [0.15, 0.2) is 30.3 Å². The number of ether oxygens (including phenoxy) is 3. The molecule has 0 aliphatic heterocycles. The van der Waals surface area contributed by atoms with Gasteiger partial charge in [0.15, 0.2) is 6.61 Å². The van der Waals surface area contributed by atoms with E-state index in [4.69, 9.17) is 37.4 Å². The zero-order chi connectivity index (χ0) is 20.8. The maximum atomic E-state index is 12.1. The number of hydrogen-bond donors (Lipinski definition) is 1. The third kappa shape index (κ3) is 5.02. The normalized spacial score (nSPS) is 10.1. The SMILES string of the molecule is COc1cc(NC(=O)COC(=O)c2cc([N+](=O)[O-])ccc2Cl)c(OC)cc1Cl.